The van der Waals surface area contributed by atoms with Crippen LogP contribution in [0.1, 0.15) is 39.4 Å². The molecule has 0 spiro atoms. The standard InChI is InChI=1S/C26H20O6/c1-29-19-10-8-15(12-21(19)30-2)13-22-25(28)17-9-11-20-24(26(17)32-22)18(14-23(27)31-20)16-6-4-3-5-7-16/h3-13,18H,14H2,1-2H3. The fraction of sp³-hybridized carbons (Fsp3) is 0.154. The Hall–Kier alpha value is -4.06. The number of fused-ring (bicyclic) bond motifs is 3. The molecule has 3 aromatic carbocycles. The molecule has 0 N–H and O–H groups in total. The summed E-state index contributed by atoms with van der Waals surface area (Å²) < 4.78 is 22.2. The molecule has 2 aliphatic heterocycles. The van der Waals surface area contributed by atoms with Gasteiger partial charge in [0.05, 0.1) is 26.2 Å². The van der Waals surface area contributed by atoms with Gasteiger partial charge in [0.25, 0.3) is 0 Å². The van der Waals surface area contributed by atoms with E-state index in [-0.39, 0.29) is 29.9 Å². The van der Waals surface area contributed by atoms with Crippen molar-refractivity contribution in [1.29, 1.82) is 0 Å². The molecule has 0 bridgehead atoms. The van der Waals surface area contributed by atoms with E-state index in [4.69, 9.17) is 18.9 Å². The van der Waals surface area contributed by atoms with Gasteiger partial charge >= 0.3 is 5.97 Å². The highest BCUT2D eigenvalue weighted by Crippen LogP contribution is 2.49. The third kappa shape index (κ3) is 3.30. The Balaban J connectivity index is 1.58. The third-order valence-corrected chi connectivity index (χ3v) is 5.69. The zero-order valence-electron chi connectivity index (χ0n) is 17.6. The van der Waals surface area contributed by atoms with Crippen molar-refractivity contribution >= 4 is 17.8 Å². The second-order valence-corrected chi connectivity index (χ2v) is 7.55. The van der Waals surface area contributed by atoms with E-state index in [1.54, 1.807) is 44.6 Å². The van der Waals surface area contributed by atoms with Crippen molar-refractivity contribution in [2.45, 2.75) is 12.3 Å². The van der Waals surface area contributed by atoms with E-state index >= 15 is 0 Å². The number of Topliss-reactive ketones (excluding diaryl/α,β-unsaturated/α-hetero) is 1. The molecular formula is C26H20O6. The number of hydrogen-bond donors (Lipinski definition) is 0. The van der Waals surface area contributed by atoms with Crippen LogP contribution in [0.4, 0.5) is 0 Å². The number of rotatable bonds is 4. The Labute approximate surface area is 185 Å². The molecule has 0 saturated carbocycles. The third-order valence-electron chi connectivity index (χ3n) is 5.69. The number of carbonyl (C=O) groups is 2. The zero-order valence-corrected chi connectivity index (χ0v) is 17.6. The Bertz CT molecular complexity index is 1260. The quantitative estimate of drug-likeness (QED) is 0.339. The van der Waals surface area contributed by atoms with Gasteiger partial charge in [0.1, 0.15) is 11.5 Å². The van der Waals surface area contributed by atoms with Crippen LogP contribution in [0.2, 0.25) is 0 Å². The first-order valence-corrected chi connectivity index (χ1v) is 10.2. The number of ether oxygens (including phenoxy) is 4. The number of methoxy groups -OCH3 is 2. The molecule has 0 fully saturated rings. The predicted molar refractivity (Wildman–Crippen MR) is 117 cm³/mol. The van der Waals surface area contributed by atoms with Gasteiger partial charge in [0, 0.05) is 11.5 Å². The van der Waals surface area contributed by atoms with E-state index in [2.05, 4.69) is 0 Å². The Morgan fingerprint density at radius 1 is 0.906 bits per heavy atom. The first-order valence-electron chi connectivity index (χ1n) is 10.2. The smallest absolute Gasteiger partial charge is 0.312 e. The van der Waals surface area contributed by atoms with E-state index in [0.29, 0.717) is 28.6 Å². The summed E-state index contributed by atoms with van der Waals surface area (Å²) in [5.74, 6) is 1.43. The predicted octanol–water partition coefficient (Wildman–Crippen LogP) is 4.76. The van der Waals surface area contributed by atoms with Gasteiger partial charge in [-0.3, -0.25) is 9.59 Å². The molecule has 1 unspecified atom stereocenters. The van der Waals surface area contributed by atoms with Crippen molar-refractivity contribution in [3.63, 3.8) is 0 Å². The first-order chi connectivity index (χ1) is 15.6. The zero-order chi connectivity index (χ0) is 22.2. The van der Waals surface area contributed by atoms with Gasteiger partial charge in [-0.1, -0.05) is 36.4 Å². The van der Waals surface area contributed by atoms with E-state index in [1.807, 2.05) is 36.4 Å². The summed E-state index contributed by atoms with van der Waals surface area (Å²) in [6.07, 6.45) is 1.85. The van der Waals surface area contributed by atoms with Crippen molar-refractivity contribution in [2.75, 3.05) is 14.2 Å². The van der Waals surface area contributed by atoms with Gasteiger partial charge in [-0.05, 0) is 41.5 Å². The lowest BCUT2D eigenvalue weighted by molar-refractivity contribution is -0.135. The lowest BCUT2D eigenvalue weighted by Crippen LogP contribution is -2.21. The van der Waals surface area contributed by atoms with Crippen LogP contribution in [0.3, 0.4) is 0 Å². The Morgan fingerprint density at radius 3 is 2.44 bits per heavy atom. The maximum atomic E-state index is 13.1. The highest BCUT2D eigenvalue weighted by molar-refractivity contribution is 6.15. The van der Waals surface area contributed by atoms with Crippen LogP contribution in [0, 0.1) is 0 Å². The molecule has 0 saturated heterocycles. The average molecular weight is 428 g/mol. The summed E-state index contributed by atoms with van der Waals surface area (Å²) >= 11 is 0. The van der Waals surface area contributed by atoms with Gasteiger partial charge in [-0.25, -0.2) is 0 Å². The Kier molecular flexibility index (Phi) is 4.90. The molecule has 0 radical (unpaired) electrons. The number of carbonyl (C=O) groups excluding carboxylic acids is 2. The first kappa shape index (κ1) is 19.9. The van der Waals surface area contributed by atoms with Crippen LogP contribution >= 0.6 is 0 Å². The second-order valence-electron chi connectivity index (χ2n) is 7.55. The molecule has 0 aromatic heterocycles. The highest BCUT2D eigenvalue weighted by atomic mass is 16.5. The summed E-state index contributed by atoms with van der Waals surface area (Å²) in [5, 5.41) is 0. The molecule has 0 aliphatic carbocycles. The van der Waals surface area contributed by atoms with Crippen molar-refractivity contribution < 1.29 is 28.5 Å². The van der Waals surface area contributed by atoms with Crippen molar-refractivity contribution in [2.24, 2.45) is 0 Å². The molecule has 2 aliphatic rings. The van der Waals surface area contributed by atoms with Crippen LogP contribution in [0.5, 0.6) is 23.0 Å². The maximum Gasteiger partial charge on any atom is 0.312 e. The number of hydrogen-bond acceptors (Lipinski definition) is 6. The molecule has 6 nitrogen and oxygen atoms in total. The van der Waals surface area contributed by atoms with Crippen LogP contribution in [0.25, 0.3) is 6.08 Å². The minimum Gasteiger partial charge on any atom is -0.493 e. The summed E-state index contributed by atoms with van der Waals surface area (Å²) in [6.45, 7) is 0. The Morgan fingerprint density at radius 2 is 1.69 bits per heavy atom. The van der Waals surface area contributed by atoms with Gasteiger partial charge in [-0.2, -0.15) is 0 Å². The van der Waals surface area contributed by atoms with Gasteiger partial charge < -0.3 is 18.9 Å². The van der Waals surface area contributed by atoms with Crippen LogP contribution in [-0.2, 0) is 4.79 Å². The van der Waals surface area contributed by atoms with Crippen LogP contribution < -0.4 is 18.9 Å². The monoisotopic (exact) mass is 428 g/mol. The molecule has 2 heterocycles. The van der Waals surface area contributed by atoms with Crippen molar-refractivity contribution in [3.05, 3.63) is 88.7 Å². The van der Waals surface area contributed by atoms with E-state index < -0.39 is 0 Å². The number of allylic oxidation sites excluding steroid dienone is 1. The molecule has 1 atom stereocenters. The summed E-state index contributed by atoms with van der Waals surface area (Å²) in [5.41, 5.74) is 2.87. The summed E-state index contributed by atoms with van der Waals surface area (Å²) in [6, 6.07) is 18.4. The van der Waals surface area contributed by atoms with Crippen molar-refractivity contribution in [1.82, 2.24) is 0 Å². The van der Waals surface area contributed by atoms with Gasteiger partial charge in [0.15, 0.2) is 17.3 Å². The number of benzene rings is 3. The van der Waals surface area contributed by atoms with Crippen molar-refractivity contribution in [3.8, 4) is 23.0 Å². The van der Waals surface area contributed by atoms with E-state index in [1.165, 1.54) is 0 Å². The number of ketones is 1. The normalized spacial score (nSPS) is 17.9. The molecule has 5 rings (SSSR count). The highest BCUT2D eigenvalue weighted by Gasteiger charge is 2.38. The lowest BCUT2D eigenvalue weighted by Gasteiger charge is -2.26. The van der Waals surface area contributed by atoms with Crippen LogP contribution in [-0.4, -0.2) is 26.0 Å². The maximum absolute atomic E-state index is 13.1. The minimum absolute atomic E-state index is 0.180. The van der Waals surface area contributed by atoms with E-state index in [0.717, 1.165) is 16.7 Å². The largest absolute Gasteiger partial charge is 0.493 e. The van der Waals surface area contributed by atoms with E-state index in [9.17, 15) is 9.59 Å². The molecule has 6 heteroatoms. The fourth-order valence-corrected chi connectivity index (χ4v) is 4.17. The summed E-state index contributed by atoms with van der Waals surface area (Å²) in [4.78, 5) is 25.3. The molecule has 160 valence electrons. The molecule has 3 aromatic rings. The SMILES string of the molecule is COc1ccc(C=C2Oc3c(ccc4c3C(c3ccccc3)CC(=O)O4)C2=O)cc1OC. The summed E-state index contributed by atoms with van der Waals surface area (Å²) in [7, 11) is 3.12. The van der Waals surface area contributed by atoms with Crippen LogP contribution in [0.15, 0.2) is 66.4 Å². The fourth-order valence-electron chi connectivity index (χ4n) is 4.17. The molecular weight excluding hydrogens is 408 g/mol. The molecule has 0 amide bonds. The van der Waals surface area contributed by atoms with Gasteiger partial charge in [0.2, 0.25) is 5.78 Å². The lowest BCUT2D eigenvalue weighted by atomic mass is 9.85. The second kappa shape index (κ2) is 7.89. The minimum atomic E-state index is -0.309. The number of esters is 1. The molecule has 32 heavy (non-hydrogen) atoms. The average Bonchev–Trinajstić information content (AvgIpc) is 3.14. The van der Waals surface area contributed by atoms with Gasteiger partial charge in [-0.15, -0.1) is 0 Å². The topological polar surface area (TPSA) is 71.1 Å².